The van der Waals surface area contributed by atoms with Gasteiger partial charge in [-0.2, -0.15) is 0 Å². The number of aryl methyl sites for hydroxylation is 1. The number of anilines is 1. The number of likely N-dealkylation sites (N-methyl/N-ethyl adjacent to an activating group) is 1. The maximum Gasteiger partial charge on any atom is 0.251 e. The number of hydrogen-bond acceptors (Lipinski definition) is 3. The van der Waals surface area contributed by atoms with Crippen LogP contribution in [0.1, 0.15) is 27.5 Å². The Hall–Kier alpha value is -1.82. The topological polar surface area (TPSA) is 58.4 Å². The highest BCUT2D eigenvalue weighted by molar-refractivity contribution is 5.96. The third-order valence-electron chi connectivity index (χ3n) is 3.84. The van der Waals surface area contributed by atoms with Crippen LogP contribution in [0.4, 0.5) is 10.1 Å². The summed E-state index contributed by atoms with van der Waals surface area (Å²) in [4.78, 5) is 14.4. The van der Waals surface area contributed by atoms with Gasteiger partial charge in [0.05, 0.1) is 6.04 Å². The highest BCUT2D eigenvalue weighted by atomic mass is 35.5. The fourth-order valence-electron chi connectivity index (χ4n) is 2.45. The molecule has 0 aromatic heterocycles. The molecule has 1 unspecified atom stereocenters. The van der Waals surface area contributed by atoms with E-state index in [9.17, 15) is 9.18 Å². The molecular weight excluding hydrogens is 364 g/mol. The van der Waals surface area contributed by atoms with Gasteiger partial charge in [0, 0.05) is 17.8 Å². The number of halogens is 3. The zero-order valence-electron chi connectivity index (χ0n) is 14.5. The summed E-state index contributed by atoms with van der Waals surface area (Å²) >= 11 is 0. The van der Waals surface area contributed by atoms with Crippen LogP contribution in [0.3, 0.4) is 0 Å². The second-order valence-electron chi connectivity index (χ2n) is 5.82. The molecule has 0 aliphatic rings. The number of nitrogens with zero attached hydrogens (tertiary/aromatic N) is 1. The number of rotatable bonds is 5. The molecule has 1 amide bonds. The van der Waals surface area contributed by atoms with E-state index in [1.54, 1.807) is 24.3 Å². The van der Waals surface area contributed by atoms with Gasteiger partial charge in [0.1, 0.15) is 5.82 Å². The summed E-state index contributed by atoms with van der Waals surface area (Å²) in [7, 11) is 3.85. The van der Waals surface area contributed by atoms with Crippen LogP contribution in [0.25, 0.3) is 0 Å². The molecule has 0 fully saturated rings. The Morgan fingerprint density at radius 3 is 2.32 bits per heavy atom. The van der Waals surface area contributed by atoms with Gasteiger partial charge in [-0.1, -0.05) is 18.2 Å². The minimum atomic E-state index is -0.273. The third-order valence-corrected chi connectivity index (χ3v) is 3.84. The smallest absolute Gasteiger partial charge is 0.251 e. The second kappa shape index (κ2) is 10.2. The minimum absolute atomic E-state index is 0. The van der Waals surface area contributed by atoms with Gasteiger partial charge in [0.25, 0.3) is 5.91 Å². The van der Waals surface area contributed by atoms with Crippen molar-refractivity contribution in [2.24, 2.45) is 0 Å². The van der Waals surface area contributed by atoms with Crippen LogP contribution >= 0.6 is 24.8 Å². The molecule has 2 aromatic rings. The third kappa shape index (κ3) is 6.20. The SMILES string of the molecule is Cc1ccc(N)cc1C(=O)NCC(c1ccc(F)cc1)N(C)C.Cl.Cl. The number of benzene rings is 2. The standard InChI is InChI=1S/C18H22FN3O.2ClH/c1-12-4-9-15(20)10-16(12)18(23)21-11-17(22(2)3)13-5-7-14(19)8-6-13;;/h4-10,17H,11,20H2,1-3H3,(H,21,23);2*1H. The van der Waals surface area contributed by atoms with Gasteiger partial charge in [-0.15, -0.1) is 24.8 Å². The van der Waals surface area contributed by atoms with E-state index in [1.807, 2.05) is 32.0 Å². The highest BCUT2D eigenvalue weighted by Gasteiger charge is 2.17. The van der Waals surface area contributed by atoms with Crippen LogP contribution in [0.5, 0.6) is 0 Å². The first kappa shape index (κ1) is 23.2. The van der Waals surface area contributed by atoms with Crippen LogP contribution in [0, 0.1) is 12.7 Å². The van der Waals surface area contributed by atoms with Gasteiger partial charge in [-0.25, -0.2) is 4.39 Å². The van der Waals surface area contributed by atoms with Crippen LogP contribution in [-0.2, 0) is 0 Å². The Morgan fingerprint density at radius 2 is 1.76 bits per heavy atom. The van der Waals surface area contributed by atoms with E-state index in [0.29, 0.717) is 17.8 Å². The molecule has 0 saturated carbocycles. The number of nitrogen functional groups attached to an aromatic ring is 1. The van der Waals surface area contributed by atoms with Gasteiger partial charge in [0.2, 0.25) is 0 Å². The first-order valence-electron chi connectivity index (χ1n) is 7.44. The fourth-order valence-corrected chi connectivity index (χ4v) is 2.45. The van der Waals surface area contributed by atoms with Crippen molar-refractivity contribution in [2.75, 3.05) is 26.4 Å². The average molecular weight is 388 g/mol. The van der Waals surface area contributed by atoms with E-state index in [4.69, 9.17) is 5.73 Å². The number of carbonyl (C=O) groups is 1. The fraction of sp³-hybridized carbons (Fsp3) is 0.278. The lowest BCUT2D eigenvalue weighted by molar-refractivity contribution is 0.0941. The van der Waals surface area contributed by atoms with Crippen molar-refractivity contribution >= 4 is 36.4 Å². The summed E-state index contributed by atoms with van der Waals surface area (Å²) in [5.41, 5.74) is 8.70. The van der Waals surface area contributed by atoms with Crippen molar-refractivity contribution in [2.45, 2.75) is 13.0 Å². The molecule has 2 aromatic carbocycles. The van der Waals surface area contributed by atoms with Crippen molar-refractivity contribution in [1.82, 2.24) is 10.2 Å². The summed E-state index contributed by atoms with van der Waals surface area (Å²) in [5.74, 6) is -0.436. The molecule has 0 saturated heterocycles. The maximum absolute atomic E-state index is 13.1. The molecule has 0 radical (unpaired) electrons. The Balaban J connectivity index is 0.00000288. The molecule has 4 nitrogen and oxygen atoms in total. The first-order valence-corrected chi connectivity index (χ1v) is 7.44. The summed E-state index contributed by atoms with van der Waals surface area (Å²) in [6.07, 6.45) is 0. The Kier molecular flexibility index (Phi) is 9.49. The number of hydrogen-bond donors (Lipinski definition) is 2. The molecule has 7 heteroatoms. The van der Waals surface area contributed by atoms with Crippen LogP contribution < -0.4 is 11.1 Å². The summed E-state index contributed by atoms with van der Waals surface area (Å²) in [5, 5.41) is 2.93. The lowest BCUT2D eigenvalue weighted by Crippen LogP contribution is -2.34. The molecule has 0 heterocycles. The van der Waals surface area contributed by atoms with Crippen molar-refractivity contribution in [3.05, 3.63) is 65.0 Å². The lowest BCUT2D eigenvalue weighted by Gasteiger charge is -2.25. The number of nitrogens with one attached hydrogen (secondary N) is 1. The largest absolute Gasteiger partial charge is 0.399 e. The quantitative estimate of drug-likeness (QED) is 0.770. The van der Waals surface area contributed by atoms with Crippen molar-refractivity contribution in [3.8, 4) is 0 Å². The number of carbonyl (C=O) groups excluding carboxylic acids is 1. The van der Waals surface area contributed by atoms with Crippen LogP contribution in [0.2, 0.25) is 0 Å². The van der Waals surface area contributed by atoms with Crippen LogP contribution in [0.15, 0.2) is 42.5 Å². The molecule has 3 N–H and O–H groups in total. The monoisotopic (exact) mass is 387 g/mol. The molecule has 0 aliphatic heterocycles. The van der Waals surface area contributed by atoms with E-state index >= 15 is 0 Å². The minimum Gasteiger partial charge on any atom is -0.399 e. The van der Waals surface area contributed by atoms with E-state index < -0.39 is 0 Å². The number of amides is 1. The van der Waals surface area contributed by atoms with E-state index in [1.165, 1.54) is 12.1 Å². The van der Waals surface area contributed by atoms with Gasteiger partial charge >= 0.3 is 0 Å². The summed E-state index contributed by atoms with van der Waals surface area (Å²) < 4.78 is 13.1. The zero-order chi connectivity index (χ0) is 17.0. The summed E-state index contributed by atoms with van der Waals surface area (Å²) in [6, 6.07) is 11.6. The zero-order valence-corrected chi connectivity index (χ0v) is 16.1. The molecule has 138 valence electrons. The van der Waals surface area contributed by atoms with Crippen LogP contribution in [-0.4, -0.2) is 31.4 Å². The van der Waals surface area contributed by atoms with Crippen molar-refractivity contribution in [1.29, 1.82) is 0 Å². The molecule has 0 bridgehead atoms. The van der Waals surface area contributed by atoms with E-state index in [-0.39, 0.29) is 42.6 Å². The molecule has 1 atom stereocenters. The molecule has 0 aliphatic carbocycles. The Bertz CT molecular complexity index is 693. The normalized spacial score (nSPS) is 11.2. The summed E-state index contributed by atoms with van der Waals surface area (Å²) in [6.45, 7) is 2.30. The van der Waals surface area contributed by atoms with Gasteiger partial charge in [-0.3, -0.25) is 4.79 Å². The maximum atomic E-state index is 13.1. The lowest BCUT2D eigenvalue weighted by atomic mass is 10.0. The van der Waals surface area contributed by atoms with Crippen molar-refractivity contribution in [3.63, 3.8) is 0 Å². The average Bonchev–Trinajstić information content (AvgIpc) is 2.51. The second-order valence-corrected chi connectivity index (χ2v) is 5.82. The van der Waals surface area contributed by atoms with Crippen molar-refractivity contribution < 1.29 is 9.18 Å². The molecular formula is C18H24Cl2FN3O. The Morgan fingerprint density at radius 1 is 1.16 bits per heavy atom. The Labute approximate surface area is 160 Å². The molecule has 2 rings (SSSR count). The van der Waals surface area contributed by atoms with E-state index in [0.717, 1.165) is 11.1 Å². The van der Waals surface area contributed by atoms with E-state index in [2.05, 4.69) is 5.32 Å². The molecule has 0 spiro atoms. The van der Waals surface area contributed by atoms with Gasteiger partial charge in [0.15, 0.2) is 0 Å². The van der Waals surface area contributed by atoms with Gasteiger partial charge in [-0.05, 0) is 56.4 Å². The highest BCUT2D eigenvalue weighted by Crippen LogP contribution is 2.18. The number of nitrogens with two attached hydrogens (primary N) is 1. The molecule has 25 heavy (non-hydrogen) atoms. The predicted octanol–water partition coefficient (Wildman–Crippen LogP) is 3.59. The predicted molar refractivity (Wildman–Crippen MR) is 105 cm³/mol. The van der Waals surface area contributed by atoms with Gasteiger partial charge < -0.3 is 16.0 Å². The first-order chi connectivity index (χ1) is 10.9.